The molecule has 3 aromatic rings. The first-order valence-electron chi connectivity index (χ1n) is 9.45. The van der Waals surface area contributed by atoms with Gasteiger partial charge in [-0.2, -0.15) is 13.5 Å². The molecule has 0 atom stereocenters. The zero-order valence-corrected chi connectivity index (χ0v) is 17.2. The molecule has 9 heteroatoms. The zero-order chi connectivity index (χ0) is 21.1. The fourth-order valence-electron chi connectivity index (χ4n) is 3.27. The lowest BCUT2D eigenvalue weighted by Crippen LogP contribution is -2.39. The largest absolute Gasteiger partial charge is 0.354 e. The van der Waals surface area contributed by atoms with Crippen molar-refractivity contribution in [3.05, 3.63) is 78.1 Å². The van der Waals surface area contributed by atoms with Crippen LogP contribution >= 0.6 is 0 Å². The van der Waals surface area contributed by atoms with Crippen molar-refractivity contribution in [2.45, 2.75) is 11.3 Å². The van der Waals surface area contributed by atoms with E-state index in [2.05, 4.69) is 14.8 Å². The smallest absolute Gasteiger partial charge is 0.285 e. The van der Waals surface area contributed by atoms with Crippen molar-refractivity contribution in [3.63, 3.8) is 0 Å². The second-order valence-electron chi connectivity index (χ2n) is 6.97. The zero-order valence-electron chi connectivity index (χ0n) is 16.4. The Hall–Kier alpha value is -3.46. The summed E-state index contributed by atoms with van der Waals surface area (Å²) in [5.74, 6) is 0.0716. The number of nitrogens with one attached hydrogen (secondary N) is 1. The first-order chi connectivity index (χ1) is 14.4. The van der Waals surface area contributed by atoms with Crippen molar-refractivity contribution in [2.75, 3.05) is 20.1 Å². The van der Waals surface area contributed by atoms with Gasteiger partial charge in [-0.15, -0.1) is 4.40 Å². The molecule has 2 aromatic carbocycles. The van der Waals surface area contributed by atoms with Crippen LogP contribution in [-0.4, -0.2) is 55.0 Å². The number of likely N-dealkylation sites (N-methyl/N-ethyl adjacent to an activating group) is 1. The molecule has 0 unspecified atom stereocenters. The Labute approximate surface area is 174 Å². The number of hydrogen-bond donors (Lipinski definition) is 1. The maximum absolute atomic E-state index is 12.3. The van der Waals surface area contributed by atoms with E-state index >= 15 is 0 Å². The minimum atomic E-state index is -3.70. The molecule has 1 N–H and O–H groups in total. The van der Waals surface area contributed by atoms with Gasteiger partial charge in [0.2, 0.25) is 5.91 Å². The second-order valence-corrected chi connectivity index (χ2v) is 8.54. The van der Waals surface area contributed by atoms with Gasteiger partial charge in [-0.1, -0.05) is 30.3 Å². The van der Waals surface area contributed by atoms with E-state index in [1.807, 2.05) is 36.5 Å². The van der Waals surface area contributed by atoms with Crippen LogP contribution in [0, 0.1) is 0 Å². The molecule has 0 saturated heterocycles. The van der Waals surface area contributed by atoms with Crippen LogP contribution < -0.4 is 5.32 Å². The molecule has 0 fully saturated rings. The number of nitrogens with zero attached hydrogens (tertiary/aromatic N) is 4. The highest BCUT2D eigenvalue weighted by Crippen LogP contribution is 2.26. The topological polar surface area (TPSA) is 96.7 Å². The average Bonchev–Trinajstić information content (AvgIpc) is 3.32. The molecule has 154 valence electrons. The summed E-state index contributed by atoms with van der Waals surface area (Å²) in [6, 6.07) is 16.4. The van der Waals surface area contributed by atoms with Crippen LogP contribution in [0.15, 0.2) is 76.3 Å². The number of rotatable bonds is 6. The highest BCUT2D eigenvalue weighted by atomic mass is 32.2. The van der Waals surface area contributed by atoms with Gasteiger partial charge in [0.1, 0.15) is 4.90 Å². The molecule has 1 aromatic heterocycles. The Kier molecular flexibility index (Phi) is 5.37. The minimum Gasteiger partial charge on any atom is -0.354 e. The number of hydrogen-bond acceptors (Lipinski definition) is 5. The molecule has 1 aliphatic heterocycles. The molecule has 0 spiro atoms. The number of sulfonamides is 1. The van der Waals surface area contributed by atoms with Crippen LogP contribution in [0.3, 0.4) is 0 Å². The van der Waals surface area contributed by atoms with Crippen molar-refractivity contribution in [1.29, 1.82) is 0 Å². The van der Waals surface area contributed by atoms with Crippen LogP contribution in [0.1, 0.15) is 11.1 Å². The summed E-state index contributed by atoms with van der Waals surface area (Å²) in [7, 11) is -2.05. The van der Waals surface area contributed by atoms with Crippen molar-refractivity contribution in [3.8, 4) is 5.69 Å². The number of benzene rings is 2. The maximum atomic E-state index is 12.3. The third kappa shape index (κ3) is 4.11. The number of fused-ring (bicyclic) bond motifs is 1. The minimum absolute atomic E-state index is 0.00592. The monoisotopic (exact) mass is 423 g/mol. The van der Waals surface area contributed by atoms with E-state index in [-0.39, 0.29) is 23.2 Å². The molecule has 4 rings (SSSR count). The summed E-state index contributed by atoms with van der Waals surface area (Å²) in [6.45, 7) is 0.459. The van der Waals surface area contributed by atoms with Gasteiger partial charge in [-0.25, -0.2) is 4.68 Å². The Morgan fingerprint density at radius 3 is 2.63 bits per heavy atom. The van der Waals surface area contributed by atoms with Crippen LogP contribution in [0.4, 0.5) is 0 Å². The Morgan fingerprint density at radius 2 is 1.83 bits per heavy atom. The van der Waals surface area contributed by atoms with Crippen LogP contribution in [0.5, 0.6) is 0 Å². The van der Waals surface area contributed by atoms with Crippen LogP contribution in [0.2, 0.25) is 0 Å². The van der Waals surface area contributed by atoms with Crippen molar-refractivity contribution < 1.29 is 13.2 Å². The third-order valence-corrected chi connectivity index (χ3v) is 6.07. The summed E-state index contributed by atoms with van der Waals surface area (Å²) in [5.41, 5.74) is 2.50. The molecule has 0 radical (unpaired) electrons. The fourth-order valence-corrected chi connectivity index (χ4v) is 4.52. The Bertz CT molecular complexity index is 1200. The molecule has 30 heavy (non-hydrogen) atoms. The second kappa shape index (κ2) is 8.11. The Morgan fingerprint density at radius 1 is 1.10 bits per heavy atom. The normalized spacial score (nSPS) is 14.1. The molecule has 8 nitrogen and oxygen atoms in total. The first-order valence-corrected chi connectivity index (χ1v) is 10.9. The summed E-state index contributed by atoms with van der Waals surface area (Å²) in [6.07, 6.45) is 4.35. The SMILES string of the molecule is CN(CC(=O)NCCc1cnn(-c2ccccc2)c1)C1=NS(=O)(=O)c2ccccc21. The average molecular weight is 423 g/mol. The van der Waals surface area contributed by atoms with E-state index in [0.29, 0.717) is 18.5 Å². The summed E-state index contributed by atoms with van der Waals surface area (Å²) in [5, 5.41) is 7.20. The lowest BCUT2D eigenvalue weighted by atomic mass is 10.2. The Balaban J connectivity index is 1.31. The van der Waals surface area contributed by atoms with Gasteiger partial charge in [0.25, 0.3) is 10.0 Å². The number of amides is 1. The highest BCUT2D eigenvalue weighted by Gasteiger charge is 2.30. The van der Waals surface area contributed by atoms with E-state index < -0.39 is 10.0 Å². The van der Waals surface area contributed by atoms with E-state index in [9.17, 15) is 13.2 Å². The summed E-state index contributed by atoms with van der Waals surface area (Å²) >= 11 is 0. The van der Waals surface area contributed by atoms with Gasteiger partial charge in [0, 0.05) is 25.4 Å². The maximum Gasteiger partial charge on any atom is 0.285 e. The number of para-hydroxylation sites is 1. The van der Waals surface area contributed by atoms with E-state index in [4.69, 9.17) is 0 Å². The third-order valence-electron chi connectivity index (χ3n) is 4.75. The molecule has 2 heterocycles. The van der Waals surface area contributed by atoms with Gasteiger partial charge < -0.3 is 10.2 Å². The van der Waals surface area contributed by atoms with Gasteiger partial charge in [-0.3, -0.25) is 4.79 Å². The molecular formula is C21H21N5O3S. The molecule has 0 bridgehead atoms. The molecular weight excluding hydrogens is 402 g/mol. The molecule has 1 amide bonds. The van der Waals surface area contributed by atoms with Crippen molar-refractivity contribution >= 4 is 21.8 Å². The van der Waals surface area contributed by atoms with Gasteiger partial charge in [0.05, 0.1) is 18.4 Å². The molecule has 0 aliphatic carbocycles. The lowest BCUT2D eigenvalue weighted by molar-refractivity contribution is -0.121. The molecule has 1 aliphatic rings. The van der Waals surface area contributed by atoms with Crippen LogP contribution in [0.25, 0.3) is 5.69 Å². The van der Waals surface area contributed by atoms with E-state index in [1.54, 1.807) is 41.0 Å². The van der Waals surface area contributed by atoms with Crippen molar-refractivity contribution in [2.24, 2.45) is 4.40 Å². The van der Waals surface area contributed by atoms with Crippen molar-refractivity contribution in [1.82, 2.24) is 20.0 Å². The predicted molar refractivity (Wildman–Crippen MR) is 113 cm³/mol. The quantitative estimate of drug-likeness (QED) is 0.650. The van der Waals surface area contributed by atoms with Gasteiger partial charge >= 0.3 is 0 Å². The predicted octanol–water partition coefficient (Wildman–Crippen LogP) is 1.61. The number of carbonyl (C=O) groups is 1. The standard InChI is InChI=1S/C21H21N5O3S/c1-25(21-18-9-5-6-10-19(18)30(28,29)24-21)15-20(27)22-12-11-16-13-23-26(14-16)17-7-3-2-4-8-17/h2-10,13-14H,11-12,15H2,1H3,(H,22,27). The lowest BCUT2D eigenvalue weighted by Gasteiger charge is -2.18. The summed E-state index contributed by atoms with van der Waals surface area (Å²) in [4.78, 5) is 14.0. The summed E-state index contributed by atoms with van der Waals surface area (Å²) < 4.78 is 29.9. The number of carbonyl (C=O) groups excluding carboxylic acids is 1. The first kappa shape index (κ1) is 19.8. The molecule has 0 saturated carbocycles. The van der Waals surface area contributed by atoms with Gasteiger partial charge in [0.15, 0.2) is 5.84 Å². The fraction of sp³-hybridized carbons (Fsp3) is 0.190. The highest BCUT2D eigenvalue weighted by molar-refractivity contribution is 7.90. The van der Waals surface area contributed by atoms with Crippen LogP contribution in [-0.2, 0) is 21.2 Å². The number of aromatic nitrogens is 2. The van der Waals surface area contributed by atoms with E-state index in [1.165, 1.54) is 6.07 Å². The number of amidine groups is 1. The van der Waals surface area contributed by atoms with Gasteiger partial charge in [-0.05, 0) is 36.2 Å². The van der Waals surface area contributed by atoms with E-state index in [0.717, 1.165) is 11.3 Å².